The van der Waals surface area contributed by atoms with Gasteiger partial charge in [-0.3, -0.25) is 0 Å². The molecule has 1 N–H and O–H groups in total. The van der Waals surface area contributed by atoms with Gasteiger partial charge in [-0.15, -0.1) is 0 Å². The molecule has 1 saturated carbocycles. The van der Waals surface area contributed by atoms with Crippen molar-refractivity contribution in [2.45, 2.75) is 65.9 Å². The Morgan fingerprint density at radius 3 is 2.00 bits per heavy atom. The van der Waals surface area contributed by atoms with Crippen LogP contribution < -0.4 is 0 Å². The first-order valence-electron chi connectivity index (χ1n) is 7.58. The SMILES string of the molecule is Cc1cc(C)c(CC2(O)CC(C)CC(C)C2)c(C)c1. The smallest absolute Gasteiger partial charge is 0.0693 e. The van der Waals surface area contributed by atoms with Gasteiger partial charge in [-0.05, 0) is 68.6 Å². The van der Waals surface area contributed by atoms with E-state index in [4.69, 9.17) is 0 Å². The molecule has 106 valence electrons. The Hall–Kier alpha value is -0.820. The van der Waals surface area contributed by atoms with Crippen LogP contribution in [0.1, 0.15) is 55.4 Å². The van der Waals surface area contributed by atoms with Crippen LogP contribution in [0.3, 0.4) is 0 Å². The Labute approximate surface area is 118 Å². The van der Waals surface area contributed by atoms with Crippen molar-refractivity contribution in [3.8, 4) is 0 Å². The molecule has 1 aliphatic carbocycles. The van der Waals surface area contributed by atoms with E-state index < -0.39 is 5.60 Å². The normalized spacial score (nSPS) is 31.5. The zero-order chi connectivity index (χ0) is 14.2. The Morgan fingerprint density at radius 2 is 1.53 bits per heavy atom. The van der Waals surface area contributed by atoms with Crippen LogP contribution in [-0.4, -0.2) is 10.7 Å². The summed E-state index contributed by atoms with van der Waals surface area (Å²) >= 11 is 0. The lowest BCUT2D eigenvalue weighted by Gasteiger charge is -2.39. The highest BCUT2D eigenvalue weighted by Gasteiger charge is 2.36. The van der Waals surface area contributed by atoms with Gasteiger partial charge in [-0.25, -0.2) is 0 Å². The third-order valence-electron chi connectivity index (χ3n) is 4.61. The zero-order valence-corrected chi connectivity index (χ0v) is 13.1. The fourth-order valence-corrected chi connectivity index (χ4v) is 4.20. The van der Waals surface area contributed by atoms with Crippen LogP contribution in [0.5, 0.6) is 0 Å². The molecule has 1 fully saturated rings. The molecule has 0 aromatic heterocycles. The van der Waals surface area contributed by atoms with Gasteiger partial charge in [0, 0.05) is 6.42 Å². The average molecular weight is 260 g/mol. The molecule has 1 aromatic carbocycles. The summed E-state index contributed by atoms with van der Waals surface area (Å²) in [5.74, 6) is 1.28. The summed E-state index contributed by atoms with van der Waals surface area (Å²) in [6.07, 6.45) is 3.97. The van der Waals surface area contributed by atoms with E-state index in [0.29, 0.717) is 11.8 Å². The van der Waals surface area contributed by atoms with E-state index in [1.54, 1.807) is 0 Å². The van der Waals surface area contributed by atoms with E-state index in [1.807, 2.05) is 0 Å². The first-order valence-corrected chi connectivity index (χ1v) is 7.58. The number of aliphatic hydroxyl groups is 1. The molecule has 19 heavy (non-hydrogen) atoms. The standard InChI is InChI=1S/C18H28O/c1-12-7-15(4)17(16(5)8-12)11-18(19)9-13(2)6-14(3)10-18/h7-8,13-14,19H,6,9-11H2,1-5H3. The van der Waals surface area contributed by atoms with Crippen molar-refractivity contribution in [3.63, 3.8) is 0 Å². The highest BCUT2D eigenvalue weighted by Crippen LogP contribution is 2.38. The second-order valence-corrected chi connectivity index (χ2v) is 7.13. The highest BCUT2D eigenvalue weighted by molar-refractivity contribution is 5.38. The van der Waals surface area contributed by atoms with Gasteiger partial charge in [-0.2, -0.15) is 0 Å². The van der Waals surface area contributed by atoms with E-state index in [2.05, 4.69) is 46.8 Å². The predicted octanol–water partition coefficient (Wildman–Crippen LogP) is 4.34. The van der Waals surface area contributed by atoms with Crippen LogP contribution >= 0.6 is 0 Å². The first-order chi connectivity index (χ1) is 8.79. The minimum absolute atomic E-state index is 0.498. The Bertz CT molecular complexity index is 428. The third-order valence-corrected chi connectivity index (χ3v) is 4.61. The maximum absolute atomic E-state index is 11.0. The van der Waals surface area contributed by atoms with Gasteiger partial charge >= 0.3 is 0 Å². The fraction of sp³-hybridized carbons (Fsp3) is 0.667. The molecule has 2 rings (SSSR count). The molecule has 0 spiro atoms. The van der Waals surface area contributed by atoms with Gasteiger partial charge in [0.25, 0.3) is 0 Å². The van der Waals surface area contributed by atoms with Gasteiger partial charge in [-0.1, -0.05) is 31.5 Å². The quantitative estimate of drug-likeness (QED) is 0.838. The lowest BCUT2D eigenvalue weighted by molar-refractivity contribution is -0.0306. The summed E-state index contributed by atoms with van der Waals surface area (Å²) < 4.78 is 0. The van der Waals surface area contributed by atoms with Crippen molar-refractivity contribution in [1.82, 2.24) is 0 Å². The summed E-state index contributed by atoms with van der Waals surface area (Å²) in [6, 6.07) is 4.47. The summed E-state index contributed by atoms with van der Waals surface area (Å²) in [6.45, 7) is 11.0. The third kappa shape index (κ3) is 3.39. The van der Waals surface area contributed by atoms with Crippen molar-refractivity contribution in [2.24, 2.45) is 11.8 Å². The highest BCUT2D eigenvalue weighted by atomic mass is 16.3. The van der Waals surface area contributed by atoms with Gasteiger partial charge in [0.05, 0.1) is 5.60 Å². The van der Waals surface area contributed by atoms with Crippen LogP contribution in [0.15, 0.2) is 12.1 Å². The lowest BCUT2D eigenvalue weighted by atomic mass is 9.70. The van der Waals surface area contributed by atoms with E-state index >= 15 is 0 Å². The van der Waals surface area contributed by atoms with E-state index in [-0.39, 0.29) is 0 Å². The zero-order valence-electron chi connectivity index (χ0n) is 13.1. The van der Waals surface area contributed by atoms with Crippen LogP contribution in [0.25, 0.3) is 0 Å². The summed E-state index contributed by atoms with van der Waals surface area (Å²) in [5, 5.41) is 11.0. The van der Waals surface area contributed by atoms with Crippen LogP contribution in [0, 0.1) is 32.6 Å². The van der Waals surface area contributed by atoms with Gasteiger partial charge < -0.3 is 5.11 Å². The van der Waals surface area contributed by atoms with Gasteiger partial charge in [0.2, 0.25) is 0 Å². The van der Waals surface area contributed by atoms with Crippen molar-refractivity contribution >= 4 is 0 Å². The molecule has 1 nitrogen and oxygen atoms in total. The topological polar surface area (TPSA) is 20.2 Å². The fourth-order valence-electron chi connectivity index (χ4n) is 4.20. The van der Waals surface area contributed by atoms with E-state index in [9.17, 15) is 5.11 Å². The maximum atomic E-state index is 11.0. The Balaban J connectivity index is 2.25. The Kier molecular flexibility index (Phi) is 4.06. The predicted molar refractivity (Wildman–Crippen MR) is 81.5 cm³/mol. The molecule has 1 aromatic rings. The van der Waals surface area contributed by atoms with Crippen LogP contribution in [0.4, 0.5) is 0 Å². The second kappa shape index (κ2) is 5.28. The molecule has 1 heteroatoms. The largest absolute Gasteiger partial charge is 0.390 e. The molecule has 2 atom stereocenters. The second-order valence-electron chi connectivity index (χ2n) is 7.13. The molecular formula is C18H28O. The van der Waals surface area contributed by atoms with Crippen molar-refractivity contribution < 1.29 is 5.11 Å². The van der Waals surface area contributed by atoms with Gasteiger partial charge in [0.15, 0.2) is 0 Å². The van der Waals surface area contributed by atoms with Crippen molar-refractivity contribution in [3.05, 3.63) is 34.4 Å². The molecule has 0 heterocycles. The summed E-state index contributed by atoms with van der Waals surface area (Å²) in [5.41, 5.74) is 4.83. The van der Waals surface area contributed by atoms with Crippen molar-refractivity contribution in [1.29, 1.82) is 0 Å². The van der Waals surface area contributed by atoms with E-state index in [1.165, 1.54) is 28.7 Å². The molecule has 2 unspecified atom stereocenters. The molecule has 0 saturated heterocycles. The molecular weight excluding hydrogens is 232 g/mol. The molecule has 1 aliphatic rings. The van der Waals surface area contributed by atoms with Crippen molar-refractivity contribution in [2.75, 3.05) is 0 Å². The monoisotopic (exact) mass is 260 g/mol. The first kappa shape index (κ1) is 14.6. The molecule has 0 aliphatic heterocycles. The average Bonchev–Trinajstić information content (AvgIpc) is 2.21. The molecule has 0 radical (unpaired) electrons. The number of rotatable bonds is 2. The van der Waals surface area contributed by atoms with Crippen LogP contribution in [-0.2, 0) is 6.42 Å². The van der Waals surface area contributed by atoms with Gasteiger partial charge in [0.1, 0.15) is 0 Å². The molecule has 0 amide bonds. The lowest BCUT2D eigenvalue weighted by Crippen LogP contribution is -2.40. The van der Waals surface area contributed by atoms with Crippen LogP contribution in [0.2, 0.25) is 0 Å². The minimum atomic E-state index is -0.498. The molecule has 0 bridgehead atoms. The maximum Gasteiger partial charge on any atom is 0.0693 e. The number of aryl methyl sites for hydroxylation is 3. The summed E-state index contributed by atoms with van der Waals surface area (Å²) in [4.78, 5) is 0. The number of hydrogen-bond donors (Lipinski definition) is 1. The number of hydrogen-bond acceptors (Lipinski definition) is 1. The number of benzene rings is 1. The minimum Gasteiger partial charge on any atom is -0.390 e. The van der Waals surface area contributed by atoms with E-state index in [0.717, 1.165) is 19.3 Å². The Morgan fingerprint density at radius 1 is 1.05 bits per heavy atom. The summed E-state index contributed by atoms with van der Waals surface area (Å²) in [7, 11) is 0.